The van der Waals surface area contributed by atoms with Crippen LogP contribution in [0.5, 0.6) is 0 Å². The third-order valence-corrected chi connectivity index (χ3v) is 5.02. The average Bonchev–Trinajstić information content (AvgIpc) is 2.79. The van der Waals surface area contributed by atoms with Crippen LogP contribution < -0.4 is 10.2 Å². The van der Waals surface area contributed by atoms with Crippen molar-refractivity contribution in [3.8, 4) is 0 Å². The molecule has 2 rings (SSSR count). The van der Waals surface area contributed by atoms with Gasteiger partial charge in [-0.25, -0.2) is 4.98 Å². The van der Waals surface area contributed by atoms with Crippen LogP contribution in [0, 0.1) is 20.8 Å². The minimum Gasteiger partial charge on any atom is -0.321 e. The largest absolute Gasteiger partial charge is 0.321 e. The number of benzene rings is 1. The lowest BCUT2D eigenvalue weighted by Crippen LogP contribution is -2.17. The summed E-state index contributed by atoms with van der Waals surface area (Å²) in [7, 11) is 2.09. The summed E-state index contributed by atoms with van der Waals surface area (Å²) in [4.78, 5) is 8.26. The van der Waals surface area contributed by atoms with Gasteiger partial charge in [0.25, 0.3) is 0 Å². The van der Waals surface area contributed by atoms with Crippen LogP contribution in [0.25, 0.3) is 0 Å². The molecule has 0 amide bonds. The third-order valence-electron chi connectivity index (χ3n) is 3.61. The van der Waals surface area contributed by atoms with Crippen molar-refractivity contribution in [3.63, 3.8) is 0 Å². The molecule has 0 aliphatic rings. The van der Waals surface area contributed by atoms with Crippen LogP contribution in [0.1, 0.15) is 41.6 Å². The van der Waals surface area contributed by atoms with Crippen molar-refractivity contribution in [1.29, 1.82) is 0 Å². The molecule has 0 bridgehead atoms. The monoisotopic (exact) mass is 303 g/mol. The Hall–Kier alpha value is -1.39. The second-order valence-corrected chi connectivity index (χ2v) is 6.64. The molecule has 21 heavy (non-hydrogen) atoms. The number of thiazole rings is 1. The van der Waals surface area contributed by atoms with Crippen LogP contribution >= 0.6 is 11.3 Å². The third kappa shape index (κ3) is 3.63. The Bertz CT molecular complexity index is 598. The van der Waals surface area contributed by atoms with Crippen LogP contribution in [0.2, 0.25) is 0 Å². The first-order valence-corrected chi connectivity index (χ1v) is 8.26. The van der Waals surface area contributed by atoms with E-state index in [1.54, 1.807) is 11.3 Å². The van der Waals surface area contributed by atoms with E-state index < -0.39 is 0 Å². The van der Waals surface area contributed by atoms with Gasteiger partial charge in [-0.15, -0.1) is 0 Å². The molecule has 0 saturated carbocycles. The summed E-state index contributed by atoms with van der Waals surface area (Å²) in [6.07, 6.45) is 0. The van der Waals surface area contributed by atoms with Gasteiger partial charge in [0.15, 0.2) is 5.13 Å². The quantitative estimate of drug-likeness (QED) is 0.881. The summed E-state index contributed by atoms with van der Waals surface area (Å²) < 4.78 is 0. The highest BCUT2D eigenvalue weighted by molar-refractivity contribution is 7.15. The smallest absolute Gasteiger partial charge is 0.190 e. The summed E-state index contributed by atoms with van der Waals surface area (Å²) in [5, 5.41) is 4.52. The molecule has 1 aromatic carbocycles. The zero-order valence-electron chi connectivity index (χ0n) is 13.8. The Morgan fingerprint density at radius 1 is 1.19 bits per heavy atom. The molecule has 1 atom stereocenters. The van der Waals surface area contributed by atoms with Crippen molar-refractivity contribution in [1.82, 2.24) is 10.3 Å². The summed E-state index contributed by atoms with van der Waals surface area (Å²) in [6, 6.07) is 6.96. The van der Waals surface area contributed by atoms with Gasteiger partial charge in [0.05, 0.1) is 5.69 Å². The van der Waals surface area contributed by atoms with Gasteiger partial charge in [-0.3, -0.25) is 0 Å². The molecular weight excluding hydrogens is 278 g/mol. The van der Waals surface area contributed by atoms with Crippen molar-refractivity contribution in [3.05, 3.63) is 39.9 Å². The maximum absolute atomic E-state index is 4.75. The van der Waals surface area contributed by atoms with Crippen LogP contribution in [-0.4, -0.2) is 18.6 Å². The van der Waals surface area contributed by atoms with Crippen LogP contribution in [0.4, 0.5) is 10.8 Å². The fourth-order valence-corrected chi connectivity index (χ4v) is 3.67. The highest BCUT2D eigenvalue weighted by Crippen LogP contribution is 2.34. The Kier molecular flexibility index (Phi) is 5.01. The first-order chi connectivity index (χ1) is 9.92. The molecular formula is C17H25N3S. The van der Waals surface area contributed by atoms with Crippen LogP contribution in [-0.2, 0) is 0 Å². The first-order valence-electron chi connectivity index (χ1n) is 7.45. The minimum atomic E-state index is 0.355. The summed E-state index contributed by atoms with van der Waals surface area (Å²) >= 11 is 1.77. The van der Waals surface area contributed by atoms with E-state index in [1.165, 1.54) is 21.7 Å². The molecule has 0 aliphatic heterocycles. The van der Waals surface area contributed by atoms with Crippen molar-refractivity contribution in [2.75, 3.05) is 18.5 Å². The molecule has 1 unspecified atom stereocenters. The maximum Gasteiger partial charge on any atom is 0.190 e. The van der Waals surface area contributed by atoms with E-state index in [2.05, 4.69) is 70.1 Å². The van der Waals surface area contributed by atoms with Crippen LogP contribution in [0.3, 0.4) is 0 Å². The van der Waals surface area contributed by atoms with E-state index in [0.717, 1.165) is 17.4 Å². The second-order valence-electron chi connectivity index (χ2n) is 5.63. The Balaban J connectivity index is 2.31. The lowest BCUT2D eigenvalue weighted by molar-refractivity contribution is 0.603. The maximum atomic E-state index is 4.75. The number of nitrogens with zero attached hydrogens (tertiary/aromatic N) is 2. The summed E-state index contributed by atoms with van der Waals surface area (Å²) in [5.74, 6) is 0. The number of nitrogens with one attached hydrogen (secondary N) is 1. The van der Waals surface area contributed by atoms with Gasteiger partial charge < -0.3 is 10.2 Å². The Labute approximate surface area is 132 Å². The number of rotatable bonds is 5. The van der Waals surface area contributed by atoms with E-state index >= 15 is 0 Å². The van der Waals surface area contributed by atoms with Gasteiger partial charge in [0, 0.05) is 23.7 Å². The van der Waals surface area contributed by atoms with Gasteiger partial charge in [-0.2, -0.15) is 0 Å². The van der Waals surface area contributed by atoms with Crippen molar-refractivity contribution in [2.45, 2.75) is 40.7 Å². The van der Waals surface area contributed by atoms with E-state index in [-0.39, 0.29) is 0 Å². The molecule has 4 heteroatoms. The molecule has 0 spiro atoms. The molecule has 1 heterocycles. The molecule has 1 aromatic heterocycles. The number of aryl methyl sites for hydroxylation is 3. The van der Waals surface area contributed by atoms with Gasteiger partial charge >= 0.3 is 0 Å². The highest BCUT2D eigenvalue weighted by Gasteiger charge is 2.16. The normalized spacial score (nSPS) is 12.5. The molecule has 114 valence electrons. The highest BCUT2D eigenvalue weighted by atomic mass is 32.1. The fourth-order valence-electron chi connectivity index (χ4n) is 2.59. The molecule has 0 saturated heterocycles. The summed E-state index contributed by atoms with van der Waals surface area (Å²) in [5.41, 5.74) is 4.89. The fraction of sp³-hybridized carbons (Fsp3) is 0.471. The number of hydrogen-bond donors (Lipinski definition) is 1. The van der Waals surface area contributed by atoms with Crippen LogP contribution in [0.15, 0.2) is 18.2 Å². The average molecular weight is 303 g/mol. The van der Waals surface area contributed by atoms with E-state index in [0.29, 0.717) is 6.04 Å². The Morgan fingerprint density at radius 2 is 1.81 bits per heavy atom. The molecule has 0 aliphatic carbocycles. The number of aromatic nitrogens is 1. The number of hydrogen-bond acceptors (Lipinski definition) is 4. The van der Waals surface area contributed by atoms with Crippen molar-refractivity contribution in [2.24, 2.45) is 0 Å². The van der Waals surface area contributed by atoms with E-state index in [1.807, 2.05) is 0 Å². The molecule has 0 radical (unpaired) electrons. The lowest BCUT2D eigenvalue weighted by Gasteiger charge is -2.17. The standard InChI is InChI=1S/C17H25N3S/c1-7-18-13(4)16-14(5)19-17(21-16)20(6)15-9-11(2)8-12(3)10-15/h8-10,13,18H,7H2,1-6H3. The van der Waals surface area contributed by atoms with Gasteiger partial charge in [-0.05, 0) is 57.5 Å². The lowest BCUT2D eigenvalue weighted by atomic mass is 10.1. The number of anilines is 2. The first kappa shape index (κ1) is 16.0. The second kappa shape index (κ2) is 6.58. The summed E-state index contributed by atoms with van der Waals surface area (Å²) in [6.45, 7) is 11.7. The molecule has 0 fully saturated rings. The molecule has 2 aromatic rings. The van der Waals surface area contributed by atoms with Gasteiger partial charge in [0.2, 0.25) is 0 Å². The van der Waals surface area contributed by atoms with Crippen molar-refractivity contribution >= 4 is 22.2 Å². The minimum absolute atomic E-state index is 0.355. The predicted octanol–water partition coefficient (Wildman–Crippen LogP) is 4.51. The zero-order valence-corrected chi connectivity index (χ0v) is 14.6. The Morgan fingerprint density at radius 3 is 2.38 bits per heavy atom. The predicted molar refractivity (Wildman–Crippen MR) is 92.9 cm³/mol. The molecule has 3 nitrogen and oxygen atoms in total. The molecule has 1 N–H and O–H groups in total. The SMILES string of the molecule is CCNC(C)c1sc(N(C)c2cc(C)cc(C)c2)nc1C. The van der Waals surface area contributed by atoms with Gasteiger partial charge in [-0.1, -0.05) is 24.3 Å². The topological polar surface area (TPSA) is 28.2 Å². The van der Waals surface area contributed by atoms with E-state index in [4.69, 9.17) is 4.98 Å². The zero-order chi connectivity index (χ0) is 15.6. The van der Waals surface area contributed by atoms with E-state index in [9.17, 15) is 0 Å². The van der Waals surface area contributed by atoms with Gasteiger partial charge in [0.1, 0.15) is 0 Å². The van der Waals surface area contributed by atoms with Crippen molar-refractivity contribution < 1.29 is 0 Å².